The summed E-state index contributed by atoms with van der Waals surface area (Å²) in [6.07, 6.45) is 3.40. The molecule has 2 N–H and O–H groups in total. The molecule has 0 fully saturated rings. The van der Waals surface area contributed by atoms with E-state index in [0.717, 1.165) is 22.4 Å². The van der Waals surface area contributed by atoms with E-state index < -0.39 is 0 Å². The van der Waals surface area contributed by atoms with Gasteiger partial charge in [0.05, 0.1) is 0 Å². The van der Waals surface area contributed by atoms with E-state index in [1.165, 1.54) is 5.56 Å². The van der Waals surface area contributed by atoms with Crippen molar-refractivity contribution in [1.29, 1.82) is 0 Å². The molecule has 1 aromatic carbocycles. The third-order valence-corrected chi connectivity index (χ3v) is 4.20. The Morgan fingerprint density at radius 3 is 2.30 bits per heavy atom. The lowest BCUT2D eigenvalue weighted by molar-refractivity contribution is 0.0945. The van der Waals surface area contributed by atoms with Gasteiger partial charge in [-0.2, -0.15) is 0 Å². The second-order valence-corrected chi connectivity index (χ2v) is 6.62. The minimum Gasteiger partial charge on any atom is -0.347 e. The second kappa shape index (κ2) is 7.95. The van der Waals surface area contributed by atoms with E-state index in [0.29, 0.717) is 23.9 Å². The van der Waals surface area contributed by atoms with Crippen LogP contribution in [0.1, 0.15) is 38.6 Å². The van der Waals surface area contributed by atoms with Gasteiger partial charge in [0.2, 0.25) is 0 Å². The molecule has 2 aromatic heterocycles. The lowest BCUT2D eigenvalue weighted by Crippen LogP contribution is -2.24. The van der Waals surface area contributed by atoms with Crippen molar-refractivity contribution in [1.82, 2.24) is 20.3 Å². The molecule has 1 amide bonds. The van der Waals surface area contributed by atoms with Crippen molar-refractivity contribution in [3.8, 4) is 0 Å². The first kappa shape index (κ1) is 18.5. The van der Waals surface area contributed by atoms with Gasteiger partial charge in [-0.05, 0) is 56.5 Å². The minimum absolute atomic E-state index is 0.238. The molecule has 0 spiro atoms. The van der Waals surface area contributed by atoms with Crippen LogP contribution in [0.5, 0.6) is 0 Å². The zero-order valence-corrected chi connectivity index (χ0v) is 16.0. The van der Waals surface area contributed by atoms with Crippen molar-refractivity contribution >= 4 is 17.4 Å². The largest absolute Gasteiger partial charge is 0.347 e. The number of rotatable bonds is 5. The lowest BCUT2D eigenvalue weighted by atomic mass is 10.1. The molecule has 0 radical (unpaired) electrons. The maximum absolute atomic E-state index is 12.5. The predicted octanol–water partition coefficient (Wildman–Crippen LogP) is 3.78. The minimum atomic E-state index is -0.238. The Morgan fingerprint density at radius 1 is 0.963 bits per heavy atom. The zero-order valence-electron chi connectivity index (χ0n) is 16.0. The fourth-order valence-corrected chi connectivity index (χ4v) is 3.03. The Kier molecular flexibility index (Phi) is 5.45. The van der Waals surface area contributed by atoms with Crippen LogP contribution in [0.4, 0.5) is 11.5 Å². The molecule has 3 aromatic rings. The topological polar surface area (TPSA) is 79.8 Å². The van der Waals surface area contributed by atoms with Crippen LogP contribution in [0, 0.1) is 27.7 Å². The van der Waals surface area contributed by atoms with Crippen LogP contribution < -0.4 is 10.6 Å². The first-order valence-corrected chi connectivity index (χ1v) is 8.80. The molecular formula is C21H23N5O. The summed E-state index contributed by atoms with van der Waals surface area (Å²) >= 11 is 0. The van der Waals surface area contributed by atoms with Gasteiger partial charge in [-0.25, -0.2) is 9.97 Å². The van der Waals surface area contributed by atoms with E-state index >= 15 is 0 Å². The third-order valence-electron chi connectivity index (χ3n) is 4.20. The number of aryl methyl sites for hydroxylation is 4. The molecule has 6 nitrogen and oxygen atoms in total. The fourth-order valence-electron chi connectivity index (χ4n) is 3.03. The number of aromatic nitrogens is 3. The smallest absolute Gasteiger partial charge is 0.270 e. The number of carbonyl (C=O) groups is 1. The molecule has 0 aliphatic carbocycles. The van der Waals surface area contributed by atoms with E-state index in [2.05, 4.69) is 58.5 Å². The number of pyridine rings is 1. The maximum atomic E-state index is 12.5. The van der Waals surface area contributed by atoms with Gasteiger partial charge in [0.25, 0.3) is 5.91 Å². The van der Waals surface area contributed by atoms with Gasteiger partial charge in [-0.15, -0.1) is 0 Å². The molecule has 0 aliphatic heterocycles. The average molecular weight is 361 g/mol. The van der Waals surface area contributed by atoms with E-state index in [-0.39, 0.29) is 5.91 Å². The highest BCUT2D eigenvalue weighted by Crippen LogP contribution is 2.25. The summed E-state index contributed by atoms with van der Waals surface area (Å²) < 4.78 is 0. The van der Waals surface area contributed by atoms with Crippen LogP contribution in [0.3, 0.4) is 0 Å². The monoisotopic (exact) mass is 361 g/mol. The van der Waals surface area contributed by atoms with E-state index in [1.54, 1.807) is 25.4 Å². The molecule has 0 saturated heterocycles. The number of amides is 1. The summed E-state index contributed by atoms with van der Waals surface area (Å²) in [5.74, 6) is 0.904. The molecule has 0 saturated carbocycles. The fraction of sp³-hybridized carbons (Fsp3) is 0.238. The highest BCUT2D eigenvalue weighted by Gasteiger charge is 2.12. The molecule has 6 heteroatoms. The molecule has 0 unspecified atom stereocenters. The summed E-state index contributed by atoms with van der Waals surface area (Å²) in [6, 6.07) is 9.63. The van der Waals surface area contributed by atoms with Crippen LogP contribution in [0.25, 0.3) is 0 Å². The van der Waals surface area contributed by atoms with Crippen molar-refractivity contribution in [2.45, 2.75) is 34.2 Å². The Bertz CT molecular complexity index is 947. The molecule has 0 atom stereocenters. The van der Waals surface area contributed by atoms with E-state index in [4.69, 9.17) is 0 Å². The first-order chi connectivity index (χ1) is 12.9. The van der Waals surface area contributed by atoms with Gasteiger partial charge in [-0.3, -0.25) is 9.78 Å². The van der Waals surface area contributed by atoms with Crippen molar-refractivity contribution in [2.75, 3.05) is 5.32 Å². The van der Waals surface area contributed by atoms with Crippen LogP contribution in [0.2, 0.25) is 0 Å². The quantitative estimate of drug-likeness (QED) is 0.723. The lowest BCUT2D eigenvalue weighted by Gasteiger charge is -2.14. The molecule has 3 rings (SSSR count). The van der Waals surface area contributed by atoms with Crippen LogP contribution in [0.15, 0.2) is 42.7 Å². The van der Waals surface area contributed by atoms with Gasteiger partial charge in [-0.1, -0.05) is 17.7 Å². The highest BCUT2D eigenvalue weighted by atomic mass is 16.1. The Labute approximate surface area is 159 Å². The molecule has 27 heavy (non-hydrogen) atoms. The first-order valence-electron chi connectivity index (χ1n) is 8.80. The predicted molar refractivity (Wildman–Crippen MR) is 106 cm³/mol. The molecule has 0 bridgehead atoms. The van der Waals surface area contributed by atoms with E-state index in [1.807, 2.05) is 12.1 Å². The normalized spacial score (nSPS) is 10.5. The maximum Gasteiger partial charge on any atom is 0.270 e. The summed E-state index contributed by atoms with van der Waals surface area (Å²) in [7, 11) is 0. The number of hydrogen-bond acceptors (Lipinski definition) is 5. The summed E-state index contributed by atoms with van der Waals surface area (Å²) in [5, 5.41) is 6.22. The third kappa shape index (κ3) is 4.67. The number of hydrogen-bond donors (Lipinski definition) is 2. The summed E-state index contributed by atoms with van der Waals surface area (Å²) in [4.78, 5) is 25.2. The second-order valence-electron chi connectivity index (χ2n) is 6.62. The standard InChI is InChI=1S/C21H23N5O/c1-13-9-14(2)20(15(3)10-13)26-19-11-18(24-16(4)25-19)21(27)23-12-17-5-7-22-8-6-17/h5-11H,12H2,1-4H3,(H,23,27)(H,24,25,26). The Morgan fingerprint density at radius 2 is 1.63 bits per heavy atom. The average Bonchev–Trinajstić information content (AvgIpc) is 2.63. The Balaban J connectivity index is 1.79. The number of carbonyl (C=O) groups excluding carboxylic acids is 1. The SMILES string of the molecule is Cc1cc(C)c(Nc2cc(C(=O)NCc3ccncc3)nc(C)n2)c(C)c1. The number of anilines is 2. The number of nitrogens with zero attached hydrogens (tertiary/aromatic N) is 3. The van der Waals surface area contributed by atoms with Gasteiger partial charge in [0.15, 0.2) is 0 Å². The Hall–Kier alpha value is -3.28. The van der Waals surface area contributed by atoms with Gasteiger partial charge < -0.3 is 10.6 Å². The molecule has 138 valence electrons. The molecular weight excluding hydrogens is 338 g/mol. The highest BCUT2D eigenvalue weighted by molar-refractivity contribution is 5.93. The van der Waals surface area contributed by atoms with Crippen molar-refractivity contribution in [3.05, 3.63) is 76.5 Å². The molecule has 2 heterocycles. The summed E-state index contributed by atoms with van der Waals surface area (Å²) in [5.41, 5.74) is 5.79. The van der Waals surface area contributed by atoms with Crippen LogP contribution >= 0.6 is 0 Å². The van der Waals surface area contributed by atoms with Gasteiger partial charge >= 0.3 is 0 Å². The molecule has 0 aliphatic rings. The number of nitrogens with one attached hydrogen (secondary N) is 2. The van der Waals surface area contributed by atoms with Gasteiger partial charge in [0.1, 0.15) is 17.3 Å². The van der Waals surface area contributed by atoms with Crippen LogP contribution in [-0.2, 0) is 6.54 Å². The van der Waals surface area contributed by atoms with Crippen molar-refractivity contribution in [2.24, 2.45) is 0 Å². The summed E-state index contributed by atoms with van der Waals surface area (Å²) in [6.45, 7) is 8.38. The van der Waals surface area contributed by atoms with Gasteiger partial charge in [0, 0.05) is 30.7 Å². The number of benzene rings is 1. The van der Waals surface area contributed by atoms with E-state index in [9.17, 15) is 4.79 Å². The zero-order chi connectivity index (χ0) is 19.4. The van der Waals surface area contributed by atoms with Crippen molar-refractivity contribution in [3.63, 3.8) is 0 Å². The van der Waals surface area contributed by atoms with Crippen LogP contribution in [-0.4, -0.2) is 20.9 Å². The van der Waals surface area contributed by atoms with Crippen molar-refractivity contribution < 1.29 is 4.79 Å².